The van der Waals surface area contributed by atoms with Crippen LogP contribution >= 0.6 is 22.7 Å². The lowest BCUT2D eigenvalue weighted by Gasteiger charge is -2.04. The first-order valence-electron chi connectivity index (χ1n) is 6.90. The van der Waals surface area contributed by atoms with E-state index in [9.17, 15) is 5.26 Å². The Morgan fingerprint density at radius 3 is 2.91 bits per heavy atom. The van der Waals surface area contributed by atoms with Crippen LogP contribution in [0.5, 0.6) is 16.6 Å². The molecule has 0 aliphatic carbocycles. The van der Waals surface area contributed by atoms with Gasteiger partial charge in [-0.05, 0) is 40.1 Å². The molecule has 0 amide bonds. The SMILES string of the molecule is N#Cc1c(-c2ccc3c(c2)OCO3)csc1OCc1ccsc1. The van der Waals surface area contributed by atoms with Gasteiger partial charge in [-0.1, -0.05) is 6.07 Å². The maximum atomic E-state index is 9.52. The van der Waals surface area contributed by atoms with Crippen molar-refractivity contribution in [1.82, 2.24) is 0 Å². The van der Waals surface area contributed by atoms with Crippen LogP contribution in [0.15, 0.2) is 40.4 Å². The van der Waals surface area contributed by atoms with E-state index in [1.54, 1.807) is 11.3 Å². The molecule has 0 unspecified atom stereocenters. The third-order valence-electron chi connectivity index (χ3n) is 3.50. The Kier molecular flexibility index (Phi) is 3.66. The van der Waals surface area contributed by atoms with E-state index in [1.807, 2.05) is 40.4 Å². The van der Waals surface area contributed by atoms with E-state index in [2.05, 4.69) is 6.07 Å². The van der Waals surface area contributed by atoms with E-state index in [-0.39, 0.29) is 6.79 Å². The topological polar surface area (TPSA) is 51.5 Å². The third-order valence-corrected chi connectivity index (χ3v) is 5.12. The summed E-state index contributed by atoms with van der Waals surface area (Å²) in [5, 5.41) is 16.2. The smallest absolute Gasteiger partial charge is 0.231 e. The Morgan fingerprint density at radius 1 is 1.17 bits per heavy atom. The summed E-state index contributed by atoms with van der Waals surface area (Å²) in [5.41, 5.74) is 3.45. The van der Waals surface area contributed by atoms with E-state index < -0.39 is 0 Å². The second-order valence-electron chi connectivity index (χ2n) is 4.91. The van der Waals surface area contributed by atoms with Crippen LogP contribution in [0.1, 0.15) is 11.1 Å². The number of hydrogen-bond donors (Lipinski definition) is 0. The number of benzene rings is 1. The second kappa shape index (κ2) is 5.95. The van der Waals surface area contributed by atoms with Gasteiger partial charge in [0.2, 0.25) is 6.79 Å². The summed E-state index contributed by atoms with van der Waals surface area (Å²) in [6, 6.07) is 9.96. The Morgan fingerprint density at radius 2 is 2.09 bits per heavy atom. The van der Waals surface area contributed by atoms with Crippen LogP contribution < -0.4 is 14.2 Å². The minimum Gasteiger partial charge on any atom is -0.478 e. The van der Waals surface area contributed by atoms with Gasteiger partial charge < -0.3 is 14.2 Å². The highest BCUT2D eigenvalue weighted by molar-refractivity contribution is 7.12. The van der Waals surface area contributed by atoms with Gasteiger partial charge in [0.15, 0.2) is 16.6 Å². The lowest BCUT2D eigenvalue weighted by molar-refractivity contribution is 0.174. The molecule has 0 fully saturated rings. The molecule has 4 nitrogen and oxygen atoms in total. The van der Waals surface area contributed by atoms with Crippen LogP contribution in [-0.2, 0) is 6.61 Å². The van der Waals surface area contributed by atoms with Gasteiger partial charge in [0.1, 0.15) is 18.2 Å². The summed E-state index contributed by atoms with van der Waals surface area (Å²) in [4.78, 5) is 0. The van der Waals surface area contributed by atoms with E-state index >= 15 is 0 Å². The fourth-order valence-corrected chi connectivity index (χ4v) is 3.88. The van der Waals surface area contributed by atoms with E-state index in [4.69, 9.17) is 14.2 Å². The molecule has 1 aliphatic rings. The fraction of sp³-hybridized carbons (Fsp3) is 0.118. The van der Waals surface area contributed by atoms with Gasteiger partial charge in [-0.2, -0.15) is 16.6 Å². The molecular weight excluding hydrogens is 330 g/mol. The Balaban J connectivity index is 1.63. The van der Waals surface area contributed by atoms with E-state index in [0.717, 1.165) is 22.4 Å². The van der Waals surface area contributed by atoms with Crippen molar-refractivity contribution in [3.8, 4) is 33.8 Å². The molecule has 1 aliphatic heterocycles. The third kappa shape index (κ3) is 2.65. The number of nitriles is 1. The molecule has 0 saturated carbocycles. The first kappa shape index (κ1) is 14.1. The van der Waals surface area contributed by atoms with Gasteiger partial charge in [-0.25, -0.2) is 0 Å². The van der Waals surface area contributed by atoms with Gasteiger partial charge in [0.25, 0.3) is 0 Å². The van der Waals surface area contributed by atoms with Gasteiger partial charge in [0, 0.05) is 10.9 Å². The summed E-state index contributed by atoms with van der Waals surface area (Å²) in [6.45, 7) is 0.710. The van der Waals surface area contributed by atoms with Crippen LogP contribution in [0, 0.1) is 11.3 Å². The minimum absolute atomic E-state index is 0.239. The molecule has 0 spiro atoms. The molecule has 0 saturated heterocycles. The Labute approximate surface area is 141 Å². The van der Waals surface area contributed by atoms with Crippen molar-refractivity contribution in [2.45, 2.75) is 6.61 Å². The van der Waals surface area contributed by atoms with Gasteiger partial charge in [-0.15, -0.1) is 11.3 Å². The van der Waals surface area contributed by atoms with Gasteiger partial charge in [-0.3, -0.25) is 0 Å². The van der Waals surface area contributed by atoms with Crippen molar-refractivity contribution < 1.29 is 14.2 Å². The van der Waals surface area contributed by atoms with E-state index in [0.29, 0.717) is 23.0 Å². The fourth-order valence-electron chi connectivity index (χ4n) is 2.35. The molecule has 4 rings (SSSR count). The van der Waals surface area contributed by atoms with Crippen LogP contribution in [0.25, 0.3) is 11.1 Å². The maximum Gasteiger partial charge on any atom is 0.231 e. The highest BCUT2D eigenvalue weighted by Crippen LogP contribution is 2.41. The number of nitrogens with zero attached hydrogens (tertiary/aromatic N) is 1. The molecular formula is C17H11NO3S2. The normalized spacial score (nSPS) is 12.1. The minimum atomic E-state index is 0.239. The predicted molar refractivity (Wildman–Crippen MR) is 89.2 cm³/mol. The largest absolute Gasteiger partial charge is 0.478 e. The van der Waals surface area contributed by atoms with Crippen molar-refractivity contribution in [3.63, 3.8) is 0 Å². The zero-order valence-corrected chi connectivity index (χ0v) is 13.6. The molecule has 3 aromatic rings. The summed E-state index contributed by atoms with van der Waals surface area (Å²) >= 11 is 3.07. The first-order valence-corrected chi connectivity index (χ1v) is 8.73. The summed E-state index contributed by atoms with van der Waals surface area (Å²) < 4.78 is 16.5. The van der Waals surface area contributed by atoms with Crippen LogP contribution in [0.3, 0.4) is 0 Å². The molecule has 6 heteroatoms. The van der Waals surface area contributed by atoms with E-state index in [1.165, 1.54) is 11.3 Å². The number of fused-ring (bicyclic) bond motifs is 1. The first-order chi connectivity index (χ1) is 11.3. The highest BCUT2D eigenvalue weighted by atomic mass is 32.1. The molecule has 1 aromatic carbocycles. The summed E-state index contributed by atoms with van der Waals surface area (Å²) in [5.74, 6) is 1.44. The molecule has 23 heavy (non-hydrogen) atoms. The molecule has 0 radical (unpaired) electrons. The average Bonchev–Trinajstić information content (AvgIpc) is 3.31. The van der Waals surface area contributed by atoms with Gasteiger partial charge in [0.05, 0.1) is 0 Å². The van der Waals surface area contributed by atoms with Crippen LogP contribution in [0.4, 0.5) is 0 Å². The van der Waals surface area contributed by atoms with Crippen molar-refractivity contribution in [3.05, 3.63) is 51.5 Å². The zero-order chi connectivity index (χ0) is 15.6. The maximum absolute atomic E-state index is 9.52. The van der Waals surface area contributed by atoms with Crippen LogP contribution in [-0.4, -0.2) is 6.79 Å². The van der Waals surface area contributed by atoms with Gasteiger partial charge >= 0.3 is 0 Å². The molecule has 0 bridgehead atoms. The Hall–Kier alpha value is -2.49. The number of hydrogen-bond acceptors (Lipinski definition) is 6. The van der Waals surface area contributed by atoms with Crippen molar-refractivity contribution in [2.75, 3.05) is 6.79 Å². The predicted octanol–water partition coefficient (Wildman–Crippen LogP) is 4.66. The molecule has 0 atom stereocenters. The zero-order valence-electron chi connectivity index (χ0n) is 11.9. The number of rotatable bonds is 4. The van der Waals surface area contributed by atoms with Crippen molar-refractivity contribution in [2.24, 2.45) is 0 Å². The number of ether oxygens (including phenoxy) is 3. The lowest BCUT2D eigenvalue weighted by Crippen LogP contribution is -1.93. The standard InChI is InChI=1S/C17H11NO3S2/c18-6-13-14(12-1-2-15-16(5-12)21-10-20-15)9-23-17(13)19-7-11-3-4-22-8-11/h1-5,8-9H,7,10H2. The monoisotopic (exact) mass is 341 g/mol. The molecule has 2 aromatic heterocycles. The number of thiophene rings is 2. The summed E-state index contributed by atoms with van der Waals surface area (Å²) in [7, 11) is 0. The van der Waals surface area contributed by atoms with Crippen molar-refractivity contribution >= 4 is 22.7 Å². The lowest BCUT2D eigenvalue weighted by atomic mass is 10.0. The van der Waals surface area contributed by atoms with Crippen LogP contribution in [0.2, 0.25) is 0 Å². The Bertz CT molecular complexity index is 878. The highest BCUT2D eigenvalue weighted by Gasteiger charge is 2.18. The molecule has 114 valence electrons. The molecule has 3 heterocycles. The molecule has 0 N–H and O–H groups in total. The van der Waals surface area contributed by atoms with Crippen molar-refractivity contribution in [1.29, 1.82) is 5.26 Å². The average molecular weight is 341 g/mol. The quantitative estimate of drug-likeness (QED) is 0.693. The summed E-state index contributed by atoms with van der Waals surface area (Å²) in [6.07, 6.45) is 0. The second-order valence-corrected chi connectivity index (χ2v) is 6.53.